The van der Waals surface area contributed by atoms with E-state index in [2.05, 4.69) is 15.3 Å². The normalized spacial score (nSPS) is 9.86. The van der Waals surface area contributed by atoms with Crippen molar-refractivity contribution < 1.29 is 14.4 Å². The molecule has 1 heterocycles. The average Bonchev–Trinajstić information content (AvgIpc) is 2.50. The van der Waals surface area contributed by atoms with Crippen molar-refractivity contribution in [2.75, 3.05) is 16.0 Å². The van der Waals surface area contributed by atoms with E-state index >= 15 is 0 Å². The van der Waals surface area contributed by atoms with Gasteiger partial charge < -0.3 is 5.73 Å². The van der Waals surface area contributed by atoms with Crippen LogP contribution in [0.5, 0.6) is 0 Å². The van der Waals surface area contributed by atoms with Crippen molar-refractivity contribution in [1.82, 2.24) is 9.97 Å². The maximum absolute atomic E-state index is 12.2. The minimum absolute atomic E-state index is 0.0262. The van der Waals surface area contributed by atoms with Gasteiger partial charge in [0.1, 0.15) is 0 Å². The predicted octanol–water partition coefficient (Wildman–Crippen LogP) is 0.577. The van der Waals surface area contributed by atoms with Crippen LogP contribution in [0.4, 0.5) is 17.3 Å². The van der Waals surface area contributed by atoms with E-state index in [0.717, 1.165) is 4.90 Å². The molecule has 22 heavy (non-hydrogen) atoms. The molecule has 0 fully saturated rings. The number of nitrogens with one attached hydrogen (secondary N) is 1. The number of benzene rings is 1. The van der Waals surface area contributed by atoms with Gasteiger partial charge in [-0.15, -0.1) is 0 Å². The molecule has 1 aromatic heterocycles. The molecule has 0 spiro atoms. The molecule has 0 saturated heterocycles. The summed E-state index contributed by atoms with van der Waals surface area (Å²) in [5.41, 5.74) is 6.28. The summed E-state index contributed by atoms with van der Waals surface area (Å²) >= 11 is 0. The Balaban J connectivity index is 2.21. The average molecular weight is 299 g/mol. The fraction of sp³-hybridized carbons (Fsp3) is 0.0714. The van der Waals surface area contributed by atoms with Crippen molar-refractivity contribution in [3.63, 3.8) is 0 Å². The van der Waals surface area contributed by atoms with Crippen LogP contribution in [0, 0.1) is 0 Å². The van der Waals surface area contributed by atoms with Crippen molar-refractivity contribution in [3.8, 4) is 0 Å². The Morgan fingerprint density at radius 3 is 2.23 bits per heavy atom. The number of nitrogens with zero attached hydrogens (tertiary/aromatic N) is 3. The fourth-order valence-corrected chi connectivity index (χ4v) is 1.69. The van der Waals surface area contributed by atoms with Crippen LogP contribution < -0.4 is 16.0 Å². The van der Waals surface area contributed by atoms with Crippen molar-refractivity contribution in [1.29, 1.82) is 0 Å². The van der Waals surface area contributed by atoms with Crippen LogP contribution in [-0.2, 0) is 14.4 Å². The molecular weight excluding hydrogens is 286 g/mol. The molecule has 8 nitrogen and oxygen atoms in total. The van der Waals surface area contributed by atoms with Crippen molar-refractivity contribution in [3.05, 3.63) is 42.7 Å². The predicted molar refractivity (Wildman–Crippen MR) is 79.7 cm³/mol. The summed E-state index contributed by atoms with van der Waals surface area (Å²) in [4.78, 5) is 44.1. The number of hydrogen-bond acceptors (Lipinski definition) is 6. The van der Waals surface area contributed by atoms with E-state index in [9.17, 15) is 14.4 Å². The van der Waals surface area contributed by atoms with E-state index in [4.69, 9.17) is 5.73 Å². The summed E-state index contributed by atoms with van der Waals surface area (Å²) in [6.07, 6.45) is 2.83. The van der Waals surface area contributed by atoms with Gasteiger partial charge in [0.05, 0.1) is 5.69 Å². The quantitative estimate of drug-likeness (QED) is 0.618. The van der Waals surface area contributed by atoms with Crippen LogP contribution in [0.2, 0.25) is 0 Å². The number of imide groups is 1. The number of rotatable bonds is 2. The Morgan fingerprint density at radius 2 is 1.68 bits per heavy atom. The van der Waals surface area contributed by atoms with Crippen molar-refractivity contribution >= 4 is 35.0 Å². The van der Waals surface area contributed by atoms with Crippen LogP contribution in [0.15, 0.2) is 42.7 Å². The zero-order chi connectivity index (χ0) is 16.1. The smallest absolute Gasteiger partial charge is 0.323 e. The first-order chi connectivity index (χ1) is 10.5. The van der Waals surface area contributed by atoms with E-state index < -0.39 is 17.7 Å². The highest BCUT2D eigenvalue weighted by molar-refractivity contribution is 6.48. The molecule has 3 amide bonds. The Labute approximate surface area is 126 Å². The van der Waals surface area contributed by atoms with Gasteiger partial charge in [-0.25, -0.2) is 14.9 Å². The second-order valence-electron chi connectivity index (χ2n) is 4.28. The highest BCUT2D eigenvalue weighted by atomic mass is 16.2. The maximum atomic E-state index is 12.2. The number of carbonyl (C=O) groups is 3. The second kappa shape index (κ2) is 6.44. The standard InChI is InChI=1S/C14H13N5O3/c1-9(20)19(11-5-3-10(15)4-6-11)13(22)12(21)18-14-16-7-2-8-17-14/h2-8H,15H2,1H3,(H,16,17,18,21). The number of nitrogens with two attached hydrogens (primary N) is 1. The maximum Gasteiger partial charge on any atom is 0.323 e. The Hall–Kier alpha value is -3.29. The Morgan fingerprint density at radius 1 is 1.09 bits per heavy atom. The summed E-state index contributed by atoms with van der Waals surface area (Å²) < 4.78 is 0. The Bertz CT molecular complexity index is 700. The molecule has 0 saturated carbocycles. The Kier molecular flexibility index (Phi) is 4.42. The van der Waals surface area contributed by atoms with E-state index in [0.29, 0.717) is 5.69 Å². The highest BCUT2D eigenvalue weighted by Crippen LogP contribution is 2.17. The minimum atomic E-state index is -1.04. The number of aromatic nitrogens is 2. The number of amides is 3. The van der Waals surface area contributed by atoms with Gasteiger partial charge in [0.15, 0.2) is 0 Å². The molecule has 0 atom stereocenters. The van der Waals surface area contributed by atoms with E-state index in [1.807, 2.05) is 0 Å². The lowest BCUT2D eigenvalue weighted by Crippen LogP contribution is -2.43. The molecule has 0 unspecified atom stereocenters. The lowest BCUT2D eigenvalue weighted by molar-refractivity contribution is -0.136. The summed E-state index contributed by atoms with van der Waals surface area (Å²) in [6, 6.07) is 7.56. The van der Waals surface area contributed by atoms with E-state index in [1.54, 1.807) is 6.07 Å². The molecule has 0 aliphatic carbocycles. The molecule has 2 rings (SSSR count). The monoisotopic (exact) mass is 299 g/mol. The molecule has 2 aromatic rings. The van der Waals surface area contributed by atoms with Gasteiger partial charge in [-0.3, -0.25) is 19.7 Å². The topological polar surface area (TPSA) is 118 Å². The van der Waals surface area contributed by atoms with E-state index in [1.165, 1.54) is 43.6 Å². The lowest BCUT2D eigenvalue weighted by atomic mass is 10.2. The largest absolute Gasteiger partial charge is 0.399 e. The van der Waals surface area contributed by atoms with Gasteiger partial charge in [-0.05, 0) is 30.3 Å². The van der Waals surface area contributed by atoms with Gasteiger partial charge in [0.25, 0.3) is 0 Å². The first-order valence-electron chi connectivity index (χ1n) is 6.27. The molecular formula is C14H13N5O3. The molecule has 3 N–H and O–H groups in total. The van der Waals surface area contributed by atoms with E-state index in [-0.39, 0.29) is 11.6 Å². The first-order valence-corrected chi connectivity index (χ1v) is 6.27. The third kappa shape index (κ3) is 3.42. The molecule has 112 valence electrons. The van der Waals surface area contributed by atoms with Gasteiger partial charge in [0, 0.05) is 25.0 Å². The number of nitrogen functional groups attached to an aromatic ring is 1. The van der Waals surface area contributed by atoms with Crippen molar-refractivity contribution in [2.45, 2.75) is 6.92 Å². The molecule has 1 aromatic carbocycles. The molecule has 0 radical (unpaired) electrons. The minimum Gasteiger partial charge on any atom is -0.399 e. The highest BCUT2D eigenvalue weighted by Gasteiger charge is 2.27. The number of hydrogen-bond donors (Lipinski definition) is 2. The first kappa shape index (κ1) is 15.1. The zero-order valence-electron chi connectivity index (χ0n) is 11.7. The fourth-order valence-electron chi connectivity index (χ4n) is 1.69. The molecule has 0 bridgehead atoms. The summed E-state index contributed by atoms with van der Waals surface area (Å²) in [6.45, 7) is 1.18. The van der Waals surface area contributed by atoms with Crippen LogP contribution in [0.25, 0.3) is 0 Å². The third-order valence-corrected chi connectivity index (χ3v) is 2.65. The third-order valence-electron chi connectivity index (χ3n) is 2.65. The van der Waals surface area contributed by atoms with Crippen LogP contribution in [0.3, 0.4) is 0 Å². The molecule has 0 aliphatic heterocycles. The second-order valence-corrected chi connectivity index (χ2v) is 4.28. The van der Waals surface area contributed by atoms with Gasteiger partial charge in [0.2, 0.25) is 11.9 Å². The van der Waals surface area contributed by atoms with Gasteiger partial charge in [-0.2, -0.15) is 0 Å². The number of carbonyl (C=O) groups excluding carboxylic acids is 3. The van der Waals surface area contributed by atoms with Crippen molar-refractivity contribution in [2.24, 2.45) is 0 Å². The van der Waals surface area contributed by atoms with Gasteiger partial charge >= 0.3 is 11.8 Å². The SMILES string of the molecule is CC(=O)N(C(=O)C(=O)Nc1ncccn1)c1ccc(N)cc1. The van der Waals surface area contributed by atoms with Gasteiger partial charge in [-0.1, -0.05) is 0 Å². The summed E-state index contributed by atoms with van der Waals surface area (Å²) in [5.74, 6) is -2.68. The lowest BCUT2D eigenvalue weighted by Gasteiger charge is -2.18. The molecule has 0 aliphatic rings. The summed E-state index contributed by atoms with van der Waals surface area (Å²) in [7, 11) is 0. The van der Waals surface area contributed by atoms with Crippen LogP contribution in [0.1, 0.15) is 6.92 Å². The van der Waals surface area contributed by atoms with Crippen LogP contribution in [-0.4, -0.2) is 27.7 Å². The summed E-state index contributed by atoms with van der Waals surface area (Å²) in [5, 5.41) is 2.23. The molecule has 8 heteroatoms. The number of anilines is 3. The van der Waals surface area contributed by atoms with Crippen LogP contribution >= 0.6 is 0 Å². The zero-order valence-corrected chi connectivity index (χ0v) is 11.7.